The van der Waals surface area contributed by atoms with E-state index in [4.69, 9.17) is 4.74 Å². The van der Waals surface area contributed by atoms with Crippen LogP contribution in [0.15, 0.2) is 4.99 Å². The SMILES string of the molecule is CCN1CCCCC1CNC(=NC)NC1CCc2nc(COC)nn2C1. The molecule has 0 aliphatic carbocycles. The van der Waals surface area contributed by atoms with Gasteiger partial charge in [0.1, 0.15) is 12.4 Å². The first-order valence-corrected chi connectivity index (χ1v) is 9.86. The molecular weight excluding hydrogens is 330 g/mol. The second kappa shape index (κ2) is 9.32. The van der Waals surface area contributed by atoms with Gasteiger partial charge in [-0.3, -0.25) is 9.89 Å². The molecule has 8 nitrogen and oxygen atoms in total. The maximum atomic E-state index is 5.13. The largest absolute Gasteiger partial charge is 0.377 e. The Morgan fingerprint density at radius 2 is 2.23 bits per heavy atom. The molecule has 1 aromatic heterocycles. The maximum absolute atomic E-state index is 5.13. The van der Waals surface area contributed by atoms with E-state index in [1.54, 1.807) is 7.11 Å². The topological polar surface area (TPSA) is 79.6 Å². The molecule has 1 saturated heterocycles. The van der Waals surface area contributed by atoms with Crippen LogP contribution in [-0.4, -0.2) is 71.5 Å². The van der Waals surface area contributed by atoms with Crippen LogP contribution in [0.5, 0.6) is 0 Å². The number of likely N-dealkylation sites (tertiary alicyclic amines) is 1. The third-order valence-electron chi connectivity index (χ3n) is 5.40. The predicted molar refractivity (Wildman–Crippen MR) is 102 cm³/mol. The van der Waals surface area contributed by atoms with Gasteiger partial charge in [0.05, 0.1) is 6.54 Å². The molecule has 26 heavy (non-hydrogen) atoms. The third-order valence-corrected chi connectivity index (χ3v) is 5.40. The number of hydrogen-bond donors (Lipinski definition) is 2. The Morgan fingerprint density at radius 3 is 3.00 bits per heavy atom. The molecule has 8 heteroatoms. The molecule has 3 heterocycles. The van der Waals surface area contributed by atoms with Crippen LogP contribution in [0.1, 0.15) is 44.3 Å². The monoisotopic (exact) mass is 363 g/mol. The van der Waals surface area contributed by atoms with Crippen molar-refractivity contribution in [1.29, 1.82) is 0 Å². The lowest BCUT2D eigenvalue weighted by Crippen LogP contribution is -2.52. The van der Waals surface area contributed by atoms with E-state index >= 15 is 0 Å². The number of ether oxygens (including phenoxy) is 1. The van der Waals surface area contributed by atoms with Crippen molar-refractivity contribution in [2.45, 2.75) is 64.3 Å². The van der Waals surface area contributed by atoms with Gasteiger partial charge in [0, 0.05) is 39.2 Å². The Bertz CT molecular complexity index is 600. The van der Waals surface area contributed by atoms with Gasteiger partial charge in [-0.2, -0.15) is 5.10 Å². The van der Waals surface area contributed by atoms with Crippen LogP contribution >= 0.6 is 0 Å². The van der Waals surface area contributed by atoms with E-state index < -0.39 is 0 Å². The molecule has 3 rings (SSSR count). The minimum Gasteiger partial charge on any atom is -0.377 e. The summed E-state index contributed by atoms with van der Waals surface area (Å²) in [6.07, 6.45) is 5.89. The van der Waals surface area contributed by atoms with E-state index in [2.05, 4.69) is 37.5 Å². The van der Waals surface area contributed by atoms with Crippen molar-refractivity contribution in [1.82, 2.24) is 30.3 Å². The van der Waals surface area contributed by atoms with Crippen molar-refractivity contribution in [3.05, 3.63) is 11.6 Å². The number of aliphatic imine (C=N–C) groups is 1. The molecule has 2 unspecified atom stereocenters. The molecule has 0 bridgehead atoms. The fourth-order valence-corrected chi connectivity index (χ4v) is 3.98. The first-order valence-electron chi connectivity index (χ1n) is 9.86. The van der Waals surface area contributed by atoms with Crippen LogP contribution in [0.25, 0.3) is 0 Å². The number of likely N-dealkylation sites (N-methyl/N-ethyl adjacent to an activating group) is 1. The van der Waals surface area contributed by atoms with Crippen molar-refractivity contribution in [2.24, 2.45) is 4.99 Å². The summed E-state index contributed by atoms with van der Waals surface area (Å²) in [6.45, 7) is 6.83. The number of fused-ring (bicyclic) bond motifs is 1. The molecule has 1 aromatic rings. The minimum absolute atomic E-state index is 0.319. The molecule has 0 aromatic carbocycles. The summed E-state index contributed by atoms with van der Waals surface area (Å²) in [6, 6.07) is 0.927. The van der Waals surface area contributed by atoms with Gasteiger partial charge in [-0.25, -0.2) is 9.67 Å². The second-order valence-corrected chi connectivity index (χ2v) is 7.17. The highest BCUT2D eigenvalue weighted by atomic mass is 16.5. The van der Waals surface area contributed by atoms with Crippen LogP contribution in [0, 0.1) is 0 Å². The van der Waals surface area contributed by atoms with Gasteiger partial charge in [-0.05, 0) is 32.4 Å². The number of hydrogen-bond acceptors (Lipinski definition) is 5. The van der Waals surface area contributed by atoms with Crippen LogP contribution in [-0.2, 0) is 24.3 Å². The number of guanidine groups is 1. The number of aryl methyl sites for hydroxylation is 1. The van der Waals surface area contributed by atoms with Crippen molar-refractivity contribution in [2.75, 3.05) is 33.8 Å². The van der Waals surface area contributed by atoms with Crippen LogP contribution < -0.4 is 10.6 Å². The third kappa shape index (κ3) is 4.73. The fraction of sp³-hybridized carbons (Fsp3) is 0.833. The van der Waals surface area contributed by atoms with Gasteiger partial charge in [-0.15, -0.1) is 0 Å². The van der Waals surface area contributed by atoms with Gasteiger partial charge in [0.25, 0.3) is 0 Å². The molecule has 0 saturated carbocycles. The van der Waals surface area contributed by atoms with Crippen LogP contribution in [0.2, 0.25) is 0 Å². The Labute approximate surface area is 156 Å². The van der Waals surface area contributed by atoms with Crippen molar-refractivity contribution in [3.8, 4) is 0 Å². The number of nitrogens with one attached hydrogen (secondary N) is 2. The highest BCUT2D eigenvalue weighted by molar-refractivity contribution is 5.80. The molecule has 2 aliphatic heterocycles. The molecule has 0 radical (unpaired) electrons. The zero-order chi connectivity index (χ0) is 18.4. The van der Waals surface area contributed by atoms with E-state index in [0.29, 0.717) is 18.7 Å². The average molecular weight is 364 g/mol. The highest BCUT2D eigenvalue weighted by Crippen LogP contribution is 2.16. The van der Waals surface area contributed by atoms with Crippen LogP contribution in [0.4, 0.5) is 0 Å². The standard InChI is InChI=1S/C18H33N7O/c1-4-24-10-6-5-7-15(24)11-20-18(19-2)21-14-8-9-17-22-16(13-26-3)23-25(17)12-14/h14-15H,4-13H2,1-3H3,(H2,19,20,21). The van der Waals surface area contributed by atoms with Crippen molar-refractivity contribution >= 4 is 5.96 Å². The zero-order valence-electron chi connectivity index (χ0n) is 16.4. The van der Waals surface area contributed by atoms with Crippen molar-refractivity contribution < 1.29 is 4.74 Å². The molecule has 2 aliphatic rings. The quantitative estimate of drug-likeness (QED) is 0.574. The van der Waals surface area contributed by atoms with E-state index in [9.17, 15) is 0 Å². The Morgan fingerprint density at radius 1 is 1.35 bits per heavy atom. The van der Waals surface area contributed by atoms with E-state index in [-0.39, 0.29) is 0 Å². The Hall–Kier alpha value is -1.67. The number of rotatable bonds is 6. The number of aromatic nitrogens is 3. The van der Waals surface area contributed by atoms with Crippen molar-refractivity contribution in [3.63, 3.8) is 0 Å². The van der Waals surface area contributed by atoms with E-state index in [1.165, 1.54) is 25.8 Å². The lowest BCUT2D eigenvalue weighted by atomic mass is 10.0. The molecule has 2 N–H and O–H groups in total. The molecule has 1 fully saturated rings. The summed E-state index contributed by atoms with van der Waals surface area (Å²) < 4.78 is 7.14. The average Bonchev–Trinajstić information content (AvgIpc) is 3.07. The zero-order valence-corrected chi connectivity index (χ0v) is 16.4. The summed E-state index contributed by atoms with van der Waals surface area (Å²) in [5.74, 6) is 2.71. The normalized spacial score (nSPS) is 24.3. The second-order valence-electron chi connectivity index (χ2n) is 7.17. The van der Waals surface area contributed by atoms with Crippen LogP contribution in [0.3, 0.4) is 0 Å². The summed E-state index contributed by atoms with van der Waals surface area (Å²) in [5, 5.41) is 11.6. The summed E-state index contributed by atoms with van der Waals surface area (Å²) in [5.41, 5.74) is 0. The van der Waals surface area contributed by atoms with Gasteiger partial charge in [0.2, 0.25) is 0 Å². The van der Waals surface area contributed by atoms with E-state index in [0.717, 1.165) is 50.1 Å². The van der Waals surface area contributed by atoms with Gasteiger partial charge < -0.3 is 15.4 Å². The lowest BCUT2D eigenvalue weighted by molar-refractivity contribution is 0.157. The van der Waals surface area contributed by atoms with Gasteiger partial charge in [-0.1, -0.05) is 13.3 Å². The summed E-state index contributed by atoms with van der Waals surface area (Å²) >= 11 is 0. The first kappa shape index (κ1) is 19.1. The highest BCUT2D eigenvalue weighted by Gasteiger charge is 2.24. The number of methoxy groups -OCH3 is 1. The smallest absolute Gasteiger partial charge is 0.191 e. The molecule has 146 valence electrons. The molecule has 0 spiro atoms. The lowest BCUT2D eigenvalue weighted by Gasteiger charge is -2.35. The fourth-order valence-electron chi connectivity index (χ4n) is 3.98. The minimum atomic E-state index is 0.319. The molecule has 2 atom stereocenters. The van der Waals surface area contributed by atoms with Gasteiger partial charge >= 0.3 is 0 Å². The summed E-state index contributed by atoms with van der Waals surface area (Å²) in [7, 11) is 3.51. The number of nitrogens with zero attached hydrogens (tertiary/aromatic N) is 5. The predicted octanol–water partition coefficient (Wildman–Crippen LogP) is 0.779. The number of piperidine rings is 1. The Balaban J connectivity index is 1.50. The Kier molecular flexibility index (Phi) is 6.85. The molecular formula is C18H33N7O. The van der Waals surface area contributed by atoms with E-state index in [1.807, 2.05) is 11.7 Å². The summed E-state index contributed by atoms with van der Waals surface area (Å²) in [4.78, 5) is 11.5. The molecule has 0 amide bonds. The first-order chi connectivity index (χ1) is 12.7. The maximum Gasteiger partial charge on any atom is 0.191 e. The van der Waals surface area contributed by atoms with Gasteiger partial charge in [0.15, 0.2) is 11.8 Å².